The predicted molar refractivity (Wildman–Crippen MR) is 201 cm³/mol. The van der Waals surface area contributed by atoms with E-state index >= 15 is 0 Å². The van der Waals surface area contributed by atoms with Crippen LogP contribution in [0.5, 0.6) is 0 Å². The maximum Gasteiger partial charge on any atom is 0.303 e. The molecule has 0 fully saturated rings. The molecule has 0 saturated carbocycles. The molecule has 0 bridgehead atoms. The van der Waals surface area contributed by atoms with Crippen LogP contribution in [0.4, 0.5) is 11.4 Å². The number of aryl methyl sites for hydroxylation is 2. The number of carboxylic acids is 2. The first-order valence-electron chi connectivity index (χ1n) is 17.8. The molecule has 2 N–H and O–H groups in total. The molecule has 6 nitrogen and oxygen atoms in total. The number of halogens is 2. The van der Waals surface area contributed by atoms with Crippen molar-refractivity contribution in [1.82, 2.24) is 0 Å². The van der Waals surface area contributed by atoms with E-state index in [4.69, 9.17) is 11.6 Å². The number of fused-ring (bicyclic) bond motifs is 2. The standard InChI is InChI=1S/C42H51ClN2O4.BrH/c1-28-16-20-34-32(26-28)41(3,4)36(44(34)24-9-7-14-38(46)47)22-18-30-12-11-13-31(40(30)43)19-23-37-42(5,6)33-27-29(2)17-21-35(33)45(37)25-10-8-15-39(48)49;/h16-23,26-27H,7-15,24-25H2,1-6H3,(H-,46,47,48,49);1H. The molecule has 3 aliphatic rings. The average Bonchev–Trinajstić information content (AvgIpc) is 3.37. The zero-order chi connectivity index (χ0) is 35.5. The van der Waals surface area contributed by atoms with Crippen molar-refractivity contribution in [3.8, 4) is 0 Å². The van der Waals surface area contributed by atoms with Crippen LogP contribution >= 0.6 is 11.6 Å². The van der Waals surface area contributed by atoms with Crippen molar-refractivity contribution >= 4 is 40.6 Å². The van der Waals surface area contributed by atoms with Gasteiger partial charge in [-0.3, -0.25) is 9.59 Å². The molecule has 2 aliphatic heterocycles. The van der Waals surface area contributed by atoms with Gasteiger partial charge in [0.25, 0.3) is 0 Å². The van der Waals surface area contributed by atoms with E-state index in [2.05, 4.69) is 112 Å². The van der Waals surface area contributed by atoms with Crippen molar-refractivity contribution in [2.75, 3.05) is 18.0 Å². The van der Waals surface area contributed by atoms with E-state index in [-0.39, 0.29) is 40.7 Å². The average molecular weight is 764 g/mol. The Kier molecular flexibility index (Phi) is 12.8. The summed E-state index contributed by atoms with van der Waals surface area (Å²) in [6, 6.07) is 13.3. The molecule has 0 radical (unpaired) electrons. The number of anilines is 1. The Morgan fingerprint density at radius 2 is 1.48 bits per heavy atom. The quantitative estimate of drug-likeness (QED) is 0.169. The Morgan fingerprint density at radius 3 is 2.16 bits per heavy atom. The van der Waals surface area contributed by atoms with E-state index in [1.165, 1.54) is 45.0 Å². The largest absolute Gasteiger partial charge is 1.00 e. The van der Waals surface area contributed by atoms with Gasteiger partial charge < -0.3 is 32.1 Å². The topological polar surface area (TPSA) is 80.9 Å². The fourth-order valence-corrected chi connectivity index (χ4v) is 8.03. The summed E-state index contributed by atoms with van der Waals surface area (Å²) < 4.78 is 2.37. The Bertz CT molecular complexity index is 1800. The Hall–Kier alpha value is -3.42. The highest BCUT2D eigenvalue weighted by Gasteiger charge is 2.44. The lowest BCUT2D eigenvalue weighted by Gasteiger charge is -2.27. The van der Waals surface area contributed by atoms with Crippen LogP contribution in [0.3, 0.4) is 0 Å². The van der Waals surface area contributed by atoms with Crippen molar-refractivity contribution in [3.05, 3.63) is 105 Å². The summed E-state index contributed by atoms with van der Waals surface area (Å²) in [5.74, 6) is -1.50. The molecule has 2 aromatic carbocycles. The zero-order valence-corrected chi connectivity index (χ0v) is 32.8. The van der Waals surface area contributed by atoms with Crippen LogP contribution in [0.2, 0.25) is 0 Å². The first kappa shape index (κ1) is 39.4. The van der Waals surface area contributed by atoms with Crippen LogP contribution in [-0.2, 0) is 20.4 Å². The summed E-state index contributed by atoms with van der Waals surface area (Å²) in [7, 11) is 0. The zero-order valence-electron chi connectivity index (χ0n) is 30.4. The number of nitrogens with zero attached hydrogens (tertiary/aromatic N) is 2. The van der Waals surface area contributed by atoms with Gasteiger partial charge in [-0.15, -0.1) is 0 Å². The fourth-order valence-electron chi connectivity index (χ4n) is 7.72. The molecule has 0 saturated heterocycles. The molecule has 268 valence electrons. The van der Waals surface area contributed by atoms with Gasteiger partial charge in [-0.2, -0.15) is 4.58 Å². The third-order valence-electron chi connectivity index (χ3n) is 10.5. The lowest BCUT2D eigenvalue weighted by molar-refractivity contribution is -0.438. The van der Waals surface area contributed by atoms with Crippen LogP contribution in [0.1, 0.15) is 108 Å². The van der Waals surface area contributed by atoms with Gasteiger partial charge in [0, 0.05) is 65.3 Å². The SMILES string of the molecule is Cc1ccc2c(c1)C(C)(C)C(/C=C/C1=C(Cl)C(=C/C=C3/N(CCCCC(=O)O)c4ccc(C)cc4C3(C)C)/CCC1)=[N+]2CCCCC(=O)O.[Br-]. The van der Waals surface area contributed by atoms with Crippen LogP contribution in [0, 0.1) is 13.8 Å². The van der Waals surface area contributed by atoms with Crippen LogP contribution in [-0.4, -0.2) is 45.5 Å². The molecule has 1 aliphatic carbocycles. The van der Waals surface area contributed by atoms with Crippen LogP contribution in [0.25, 0.3) is 0 Å². The first-order valence-corrected chi connectivity index (χ1v) is 18.2. The second-order valence-corrected chi connectivity index (χ2v) is 15.3. The molecular weight excluding hydrogens is 712 g/mol. The monoisotopic (exact) mass is 762 g/mol. The summed E-state index contributed by atoms with van der Waals surface area (Å²) in [5.41, 5.74) is 11.7. The summed E-state index contributed by atoms with van der Waals surface area (Å²) in [6.45, 7) is 14.9. The molecule has 0 aromatic heterocycles. The highest BCUT2D eigenvalue weighted by molar-refractivity contribution is 6.32. The molecule has 2 aromatic rings. The molecule has 0 amide bonds. The number of hydrogen-bond donors (Lipinski definition) is 2. The smallest absolute Gasteiger partial charge is 0.303 e. The van der Waals surface area contributed by atoms with Gasteiger partial charge in [-0.25, -0.2) is 0 Å². The lowest BCUT2D eigenvalue weighted by Crippen LogP contribution is -3.00. The van der Waals surface area contributed by atoms with Crippen molar-refractivity contribution < 1.29 is 41.4 Å². The van der Waals surface area contributed by atoms with Crippen LogP contribution < -0.4 is 21.9 Å². The van der Waals surface area contributed by atoms with E-state index in [0.29, 0.717) is 12.8 Å². The van der Waals surface area contributed by atoms with Gasteiger partial charge in [0.05, 0.1) is 5.41 Å². The normalized spacial score (nSPS) is 19.4. The maximum absolute atomic E-state index is 11.2. The number of aliphatic carboxylic acids is 2. The number of hydrogen-bond acceptors (Lipinski definition) is 3. The molecule has 8 heteroatoms. The van der Waals surface area contributed by atoms with Gasteiger partial charge >= 0.3 is 11.9 Å². The molecule has 5 rings (SSSR count). The van der Waals surface area contributed by atoms with Gasteiger partial charge in [0.15, 0.2) is 5.71 Å². The summed E-state index contributed by atoms with van der Waals surface area (Å²) >= 11 is 7.20. The second kappa shape index (κ2) is 16.3. The summed E-state index contributed by atoms with van der Waals surface area (Å²) in [4.78, 5) is 24.7. The number of rotatable bonds is 13. The predicted octanol–water partition coefficient (Wildman–Crippen LogP) is 7.03. The minimum atomic E-state index is -0.750. The minimum Gasteiger partial charge on any atom is -1.00 e. The minimum absolute atomic E-state index is 0. The highest BCUT2D eigenvalue weighted by Crippen LogP contribution is 2.48. The fraction of sp³-hybridized carbons (Fsp3) is 0.452. The Morgan fingerprint density at radius 1 is 0.840 bits per heavy atom. The van der Waals surface area contributed by atoms with Crippen LogP contribution in [0.15, 0.2) is 82.6 Å². The van der Waals surface area contributed by atoms with E-state index in [0.717, 1.165) is 61.4 Å². The van der Waals surface area contributed by atoms with Gasteiger partial charge in [0.2, 0.25) is 5.69 Å². The summed E-state index contributed by atoms with van der Waals surface area (Å²) in [6.07, 6.45) is 15.0. The Balaban J connectivity index is 0.00000562. The summed E-state index contributed by atoms with van der Waals surface area (Å²) in [5, 5.41) is 19.2. The molecule has 50 heavy (non-hydrogen) atoms. The third-order valence-corrected chi connectivity index (χ3v) is 11.0. The van der Waals surface area contributed by atoms with Crippen molar-refractivity contribution in [3.63, 3.8) is 0 Å². The second-order valence-electron chi connectivity index (χ2n) is 15.0. The lowest BCUT2D eigenvalue weighted by atomic mass is 9.80. The molecule has 0 atom stereocenters. The maximum atomic E-state index is 11.2. The molecule has 0 spiro atoms. The number of unbranched alkanes of at least 4 members (excludes halogenated alkanes) is 2. The van der Waals surface area contributed by atoms with Gasteiger partial charge in [0.1, 0.15) is 6.54 Å². The molecule has 0 unspecified atom stereocenters. The highest BCUT2D eigenvalue weighted by atomic mass is 79.9. The number of benzene rings is 2. The van der Waals surface area contributed by atoms with E-state index < -0.39 is 11.9 Å². The Labute approximate surface area is 313 Å². The van der Waals surface area contributed by atoms with Crippen molar-refractivity contribution in [1.29, 1.82) is 0 Å². The molecule has 2 heterocycles. The number of carbonyl (C=O) groups is 2. The first-order chi connectivity index (χ1) is 23.2. The van der Waals surface area contributed by atoms with Gasteiger partial charge in [-0.05, 0) is 101 Å². The van der Waals surface area contributed by atoms with Crippen molar-refractivity contribution in [2.45, 2.75) is 110 Å². The van der Waals surface area contributed by atoms with E-state index in [1.807, 2.05) is 0 Å². The van der Waals surface area contributed by atoms with Gasteiger partial charge in [-0.1, -0.05) is 66.9 Å². The van der Waals surface area contributed by atoms with E-state index in [1.54, 1.807) is 0 Å². The third kappa shape index (κ3) is 8.37. The number of carboxylic acid groups (broad SMARTS) is 2. The molecular formula is C42H52BrClN2O4. The van der Waals surface area contributed by atoms with Crippen molar-refractivity contribution in [2.24, 2.45) is 0 Å². The number of allylic oxidation sites excluding steroid dienone is 8. The van der Waals surface area contributed by atoms with E-state index in [9.17, 15) is 19.8 Å².